The molecule has 26 heavy (non-hydrogen) atoms. The zero-order valence-electron chi connectivity index (χ0n) is 15.3. The predicted octanol–water partition coefficient (Wildman–Crippen LogP) is 3.97. The van der Waals surface area contributed by atoms with Crippen LogP contribution in [0.25, 0.3) is 11.1 Å². The molecule has 140 valence electrons. The van der Waals surface area contributed by atoms with E-state index in [1.165, 1.54) is 6.07 Å². The average Bonchev–Trinajstić information content (AvgIpc) is 3.06. The minimum atomic E-state index is -0.646. The van der Waals surface area contributed by atoms with Gasteiger partial charge in [-0.1, -0.05) is 12.1 Å². The first-order chi connectivity index (χ1) is 12.2. The number of phenolic OH excluding ortho intramolecular Hbond substituents is 1. The Morgan fingerprint density at radius 3 is 2.65 bits per heavy atom. The molecular weight excluding hydrogens is 337 g/mol. The Kier molecular flexibility index (Phi) is 4.89. The molecule has 7 heteroatoms. The number of piperidine rings is 1. The molecule has 1 N–H and O–H groups in total. The Hall–Kier alpha value is -2.57. The Morgan fingerprint density at radius 2 is 2.00 bits per heavy atom. The first-order valence-corrected chi connectivity index (χ1v) is 8.74. The number of carbonyl (C=O) groups is 1. The van der Waals surface area contributed by atoms with E-state index in [-0.39, 0.29) is 17.9 Å². The van der Waals surface area contributed by atoms with Crippen LogP contribution >= 0.6 is 0 Å². The molecule has 0 atom stereocenters. The van der Waals surface area contributed by atoms with Gasteiger partial charge in [0.15, 0.2) is 11.6 Å². The number of likely N-dealkylation sites (tertiary alicyclic amines) is 1. The fourth-order valence-electron chi connectivity index (χ4n) is 3.06. The van der Waals surface area contributed by atoms with E-state index >= 15 is 0 Å². The second kappa shape index (κ2) is 6.97. The summed E-state index contributed by atoms with van der Waals surface area (Å²) in [5, 5.41) is 13.9. The van der Waals surface area contributed by atoms with Crippen LogP contribution in [0.1, 0.15) is 39.7 Å². The molecule has 0 saturated carbocycles. The largest absolute Gasteiger partial charge is 0.505 e. The maximum absolute atomic E-state index is 14.1. The summed E-state index contributed by atoms with van der Waals surface area (Å²) in [6.45, 7) is 6.74. The van der Waals surface area contributed by atoms with Crippen molar-refractivity contribution in [1.29, 1.82) is 0 Å². The van der Waals surface area contributed by atoms with Crippen LogP contribution in [0.5, 0.6) is 5.75 Å². The average molecular weight is 361 g/mol. The lowest BCUT2D eigenvalue weighted by Gasteiger charge is -2.33. The maximum atomic E-state index is 14.1. The van der Waals surface area contributed by atoms with E-state index in [0.717, 1.165) is 12.8 Å². The number of hydrogen-bond donors (Lipinski definition) is 1. The molecule has 6 nitrogen and oxygen atoms in total. The molecule has 2 aromatic rings. The minimum absolute atomic E-state index is 0.141. The summed E-state index contributed by atoms with van der Waals surface area (Å²) < 4.78 is 21.3. The van der Waals surface area contributed by atoms with Gasteiger partial charge in [0.05, 0.1) is 12.2 Å². The topological polar surface area (TPSA) is 67.6 Å². The first kappa shape index (κ1) is 18.2. The molecule has 0 unspecified atom stereocenters. The van der Waals surface area contributed by atoms with Gasteiger partial charge in [-0.2, -0.15) is 5.10 Å². The molecular formula is C19H24FN3O3. The summed E-state index contributed by atoms with van der Waals surface area (Å²) >= 11 is 0. The molecule has 0 aliphatic carbocycles. The third kappa shape index (κ3) is 3.98. The van der Waals surface area contributed by atoms with Crippen LogP contribution in [0, 0.1) is 5.82 Å². The van der Waals surface area contributed by atoms with Gasteiger partial charge in [0.2, 0.25) is 0 Å². The summed E-state index contributed by atoms with van der Waals surface area (Å²) in [7, 11) is 0. The van der Waals surface area contributed by atoms with E-state index in [4.69, 9.17) is 4.74 Å². The number of hydrogen-bond acceptors (Lipinski definition) is 4. The predicted molar refractivity (Wildman–Crippen MR) is 95.4 cm³/mol. The van der Waals surface area contributed by atoms with Crippen molar-refractivity contribution in [3.8, 4) is 16.9 Å². The van der Waals surface area contributed by atoms with Crippen LogP contribution in [0.3, 0.4) is 0 Å². The molecule has 0 bridgehead atoms. The van der Waals surface area contributed by atoms with Crippen molar-refractivity contribution in [3.05, 3.63) is 36.4 Å². The molecule has 1 aliphatic heterocycles. The fourth-order valence-corrected chi connectivity index (χ4v) is 3.06. The van der Waals surface area contributed by atoms with Crippen molar-refractivity contribution >= 4 is 6.09 Å². The number of nitrogens with zero attached hydrogens (tertiary/aromatic N) is 3. The van der Waals surface area contributed by atoms with E-state index in [0.29, 0.717) is 24.2 Å². The number of halogens is 1. The first-order valence-electron chi connectivity index (χ1n) is 8.74. The lowest BCUT2D eigenvalue weighted by atomic mass is 10.1. The quantitative estimate of drug-likeness (QED) is 0.879. The molecule has 1 aliphatic rings. The molecule has 1 fully saturated rings. The zero-order chi connectivity index (χ0) is 18.9. The van der Waals surface area contributed by atoms with Crippen molar-refractivity contribution in [3.63, 3.8) is 0 Å². The lowest BCUT2D eigenvalue weighted by molar-refractivity contribution is 0.0185. The normalized spacial score (nSPS) is 15.9. The van der Waals surface area contributed by atoms with E-state index in [2.05, 4.69) is 5.10 Å². The minimum Gasteiger partial charge on any atom is -0.505 e. The second-order valence-corrected chi connectivity index (χ2v) is 7.55. The summed E-state index contributed by atoms with van der Waals surface area (Å²) in [5.41, 5.74) is 0.436. The number of ether oxygens (including phenoxy) is 1. The molecule has 2 heterocycles. The van der Waals surface area contributed by atoms with Gasteiger partial charge in [-0.05, 0) is 39.7 Å². The number of aromatic nitrogens is 2. The van der Waals surface area contributed by atoms with Gasteiger partial charge in [-0.25, -0.2) is 9.18 Å². The summed E-state index contributed by atoms with van der Waals surface area (Å²) in [6.07, 6.45) is 4.59. The van der Waals surface area contributed by atoms with Gasteiger partial charge in [0.25, 0.3) is 0 Å². The molecule has 3 rings (SSSR count). The zero-order valence-corrected chi connectivity index (χ0v) is 15.3. The number of carbonyl (C=O) groups excluding carboxylic acids is 1. The number of rotatable bonds is 2. The molecule has 0 spiro atoms. The van der Waals surface area contributed by atoms with Gasteiger partial charge >= 0.3 is 6.09 Å². The second-order valence-electron chi connectivity index (χ2n) is 7.55. The molecule has 1 saturated heterocycles. The molecule has 1 aromatic carbocycles. The van der Waals surface area contributed by atoms with E-state index < -0.39 is 11.4 Å². The summed E-state index contributed by atoms with van der Waals surface area (Å²) in [4.78, 5) is 13.8. The van der Waals surface area contributed by atoms with Crippen LogP contribution < -0.4 is 0 Å². The number of aromatic hydroxyl groups is 1. The highest BCUT2D eigenvalue weighted by Crippen LogP contribution is 2.30. The highest BCUT2D eigenvalue weighted by Gasteiger charge is 2.28. The van der Waals surface area contributed by atoms with Crippen LogP contribution in [-0.4, -0.2) is 44.6 Å². The van der Waals surface area contributed by atoms with Gasteiger partial charge < -0.3 is 14.7 Å². The molecule has 1 amide bonds. The van der Waals surface area contributed by atoms with Gasteiger partial charge in [-0.15, -0.1) is 0 Å². The number of phenols is 1. The SMILES string of the molecule is CC(C)(C)OC(=O)N1CCC(n2cc(-c3cccc(O)c3F)cn2)CC1. The van der Waals surface area contributed by atoms with Gasteiger partial charge in [0, 0.05) is 30.4 Å². The highest BCUT2D eigenvalue weighted by atomic mass is 19.1. The third-order valence-corrected chi connectivity index (χ3v) is 4.38. The third-order valence-electron chi connectivity index (χ3n) is 4.38. The smallest absolute Gasteiger partial charge is 0.410 e. The molecule has 1 aromatic heterocycles. The van der Waals surface area contributed by atoms with E-state index in [1.807, 2.05) is 25.5 Å². The van der Waals surface area contributed by atoms with Gasteiger partial charge in [-0.3, -0.25) is 4.68 Å². The van der Waals surface area contributed by atoms with Crippen molar-refractivity contribution < 1.29 is 19.0 Å². The summed E-state index contributed by atoms with van der Waals surface area (Å²) in [5.74, 6) is -1.02. The van der Waals surface area contributed by atoms with E-state index in [1.54, 1.807) is 29.4 Å². The van der Waals surface area contributed by atoms with Crippen molar-refractivity contribution in [2.24, 2.45) is 0 Å². The fraction of sp³-hybridized carbons (Fsp3) is 0.474. The van der Waals surface area contributed by atoms with Crippen molar-refractivity contribution in [2.45, 2.75) is 45.3 Å². The Labute approximate surface area is 152 Å². The van der Waals surface area contributed by atoms with Crippen LogP contribution in [-0.2, 0) is 4.74 Å². The summed E-state index contributed by atoms with van der Waals surface area (Å²) in [6, 6.07) is 4.67. The Morgan fingerprint density at radius 1 is 1.31 bits per heavy atom. The Bertz CT molecular complexity index is 790. The lowest BCUT2D eigenvalue weighted by Crippen LogP contribution is -2.42. The van der Waals surface area contributed by atoms with Crippen LogP contribution in [0.15, 0.2) is 30.6 Å². The number of amides is 1. The maximum Gasteiger partial charge on any atom is 0.410 e. The molecule has 0 radical (unpaired) electrons. The Balaban J connectivity index is 1.65. The number of benzene rings is 1. The van der Waals surface area contributed by atoms with Crippen molar-refractivity contribution in [1.82, 2.24) is 14.7 Å². The van der Waals surface area contributed by atoms with E-state index in [9.17, 15) is 14.3 Å². The van der Waals surface area contributed by atoms with Gasteiger partial charge in [0.1, 0.15) is 5.60 Å². The standard InChI is InChI=1S/C19H24FN3O3/c1-19(2,3)26-18(25)22-9-7-14(8-10-22)23-12-13(11-21-23)15-5-4-6-16(24)17(15)20/h4-6,11-12,14,24H,7-10H2,1-3H3. The monoisotopic (exact) mass is 361 g/mol. The van der Waals surface area contributed by atoms with Crippen molar-refractivity contribution in [2.75, 3.05) is 13.1 Å². The van der Waals surface area contributed by atoms with Crippen LogP contribution in [0.4, 0.5) is 9.18 Å². The highest BCUT2D eigenvalue weighted by molar-refractivity contribution is 5.68. The van der Waals surface area contributed by atoms with Crippen LogP contribution in [0.2, 0.25) is 0 Å².